The van der Waals surface area contributed by atoms with Crippen LogP contribution in [0.2, 0.25) is 0 Å². The Morgan fingerprint density at radius 3 is 2.62 bits per heavy atom. The van der Waals surface area contributed by atoms with E-state index in [1.807, 2.05) is 0 Å². The molecule has 1 aliphatic rings. The number of amides is 2. The molecule has 0 unspecified atom stereocenters. The van der Waals surface area contributed by atoms with E-state index in [1.165, 1.54) is 6.07 Å². The summed E-state index contributed by atoms with van der Waals surface area (Å²) in [6, 6.07) is 3.89. The van der Waals surface area contributed by atoms with Crippen LogP contribution in [0.3, 0.4) is 0 Å². The minimum absolute atomic E-state index is 0.331. The molecule has 1 atom stereocenters. The summed E-state index contributed by atoms with van der Waals surface area (Å²) < 4.78 is 49.0. The average molecular weight is 346 g/mol. The van der Waals surface area contributed by atoms with Gasteiger partial charge in [-0.3, -0.25) is 0 Å². The summed E-state index contributed by atoms with van der Waals surface area (Å²) in [7, 11) is 0. The molecular weight excluding hydrogens is 325 g/mol. The van der Waals surface area contributed by atoms with E-state index >= 15 is 0 Å². The van der Waals surface area contributed by atoms with Crippen LogP contribution in [0.1, 0.15) is 37.4 Å². The maximum Gasteiger partial charge on any atom is 0.416 e. The van der Waals surface area contributed by atoms with Crippen LogP contribution in [0.25, 0.3) is 0 Å². The van der Waals surface area contributed by atoms with Gasteiger partial charge in [0.25, 0.3) is 0 Å². The molecule has 24 heavy (non-hydrogen) atoms. The van der Waals surface area contributed by atoms with Gasteiger partial charge in [-0.05, 0) is 31.5 Å². The molecule has 1 aromatic carbocycles. The number of benzene rings is 1. The van der Waals surface area contributed by atoms with Crippen molar-refractivity contribution >= 4 is 6.03 Å². The number of rotatable bonds is 5. The highest BCUT2D eigenvalue weighted by molar-refractivity contribution is 5.74. The molecule has 0 bridgehead atoms. The fourth-order valence-corrected chi connectivity index (χ4v) is 2.42. The van der Waals surface area contributed by atoms with Crippen molar-refractivity contribution in [1.29, 1.82) is 0 Å². The van der Waals surface area contributed by atoms with E-state index in [0.29, 0.717) is 31.7 Å². The number of urea groups is 1. The van der Waals surface area contributed by atoms with Gasteiger partial charge in [0.15, 0.2) is 5.79 Å². The Labute approximate surface area is 138 Å². The molecule has 0 spiro atoms. The van der Waals surface area contributed by atoms with Crippen molar-refractivity contribution in [3.8, 4) is 0 Å². The second-order valence-corrected chi connectivity index (χ2v) is 5.83. The molecule has 0 saturated carbocycles. The predicted molar refractivity (Wildman–Crippen MR) is 81.3 cm³/mol. The highest BCUT2D eigenvalue weighted by atomic mass is 19.4. The van der Waals surface area contributed by atoms with Crippen LogP contribution >= 0.6 is 0 Å². The Kier molecular flexibility index (Phi) is 5.71. The number of carbonyl (C=O) groups excluding carboxylic acids is 1. The van der Waals surface area contributed by atoms with E-state index < -0.39 is 29.6 Å². The van der Waals surface area contributed by atoms with E-state index in [1.54, 1.807) is 19.9 Å². The van der Waals surface area contributed by atoms with Gasteiger partial charge in [0.2, 0.25) is 0 Å². The van der Waals surface area contributed by atoms with Crippen LogP contribution in [0.15, 0.2) is 24.3 Å². The van der Waals surface area contributed by atoms with Gasteiger partial charge >= 0.3 is 12.2 Å². The third-order valence-corrected chi connectivity index (χ3v) is 3.82. The molecule has 1 aliphatic heterocycles. The molecule has 1 saturated heterocycles. The fourth-order valence-electron chi connectivity index (χ4n) is 2.42. The van der Waals surface area contributed by atoms with Crippen molar-refractivity contribution in [3.05, 3.63) is 35.4 Å². The molecule has 5 nitrogen and oxygen atoms in total. The summed E-state index contributed by atoms with van der Waals surface area (Å²) in [4.78, 5) is 11.9. The van der Waals surface area contributed by atoms with Gasteiger partial charge < -0.3 is 20.1 Å². The summed E-state index contributed by atoms with van der Waals surface area (Å²) in [6.07, 6.45) is -3.92. The first-order valence-corrected chi connectivity index (χ1v) is 7.69. The first-order valence-electron chi connectivity index (χ1n) is 7.69. The minimum Gasteiger partial charge on any atom is -0.348 e. The molecule has 2 rings (SSSR count). The van der Waals surface area contributed by atoms with Gasteiger partial charge in [-0.1, -0.05) is 12.1 Å². The Morgan fingerprint density at radius 2 is 2.00 bits per heavy atom. The van der Waals surface area contributed by atoms with E-state index in [4.69, 9.17) is 9.47 Å². The second-order valence-electron chi connectivity index (χ2n) is 5.83. The lowest BCUT2D eigenvalue weighted by atomic mass is 10.1. The molecule has 1 aromatic rings. The first kappa shape index (κ1) is 18.5. The van der Waals surface area contributed by atoms with Crippen molar-refractivity contribution in [2.75, 3.05) is 19.8 Å². The maximum atomic E-state index is 12.7. The molecule has 0 aromatic heterocycles. The quantitative estimate of drug-likeness (QED) is 0.861. The topological polar surface area (TPSA) is 59.6 Å². The van der Waals surface area contributed by atoms with Crippen molar-refractivity contribution in [2.24, 2.45) is 0 Å². The zero-order chi connectivity index (χ0) is 17.8. The van der Waals surface area contributed by atoms with Crippen molar-refractivity contribution in [1.82, 2.24) is 10.6 Å². The number of carbonyl (C=O) groups is 1. The number of hydrogen-bond donors (Lipinski definition) is 2. The van der Waals surface area contributed by atoms with Crippen LogP contribution in [0, 0.1) is 0 Å². The van der Waals surface area contributed by atoms with Crippen molar-refractivity contribution in [3.63, 3.8) is 0 Å². The molecule has 0 radical (unpaired) electrons. The van der Waals surface area contributed by atoms with E-state index in [0.717, 1.165) is 12.1 Å². The highest BCUT2D eigenvalue weighted by Crippen LogP contribution is 2.30. The van der Waals surface area contributed by atoms with Gasteiger partial charge in [-0.15, -0.1) is 0 Å². The summed E-state index contributed by atoms with van der Waals surface area (Å²) >= 11 is 0. The van der Waals surface area contributed by atoms with Crippen LogP contribution in [-0.2, 0) is 15.7 Å². The highest BCUT2D eigenvalue weighted by Gasteiger charge is 2.31. The Hall–Kier alpha value is -1.80. The van der Waals surface area contributed by atoms with Gasteiger partial charge in [-0.2, -0.15) is 13.2 Å². The minimum atomic E-state index is -4.41. The number of nitrogens with one attached hydrogen (secondary N) is 2. The standard InChI is InChI=1S/C16H21F3N2O3/c1-11(12-4-3-5-13(10-12)16(17,18)19)21-14(22)20-7-6-15(2)23-8-9-24-15/h3-5,10-11H,6-9H2,1-2H3,(H2,20,21,22)/t11-/m1/s1. The van der Waals surface area contributed by atoms with Crippen molar-refractivity contribution < 1.29 is 27.4 Å². The SMILES string of the molecule is C[C@@H](NC(=O)NCCC1(C)OCCO1)c1cccc(C(F)(F)F)c1. The predicted octanol–water partition coefficient (Wildman–Crippen LogP) is 3.22. The lowest BCUT2D eigenvalue weighted by Crippen LogP contribution is -2.40. The van der Waals surface area contributed by atoms with Crippen LogP contribution < -0.4 is 10.6 Å². The van der Waals surface area contributed by atoms with Crippen LogP contribution in [0.4, 0.5) is 18.0 Å². The molecule has 2 N–H and O–H groups in total. The van der Waals surface area contributed by atoms with Crippen LogP contribution in [0.5, 0.6) is 0 Å². The maximum absolute atomic E-state index is 12.7. The van der Waals surface area contributed by atoms with Gasteiger partial charge in [0.1, 0.15) is 0 Å². The molecule has 134 valence electrons. The first-order chi connectivity index (χ1) is 11.2. The van der Waals surface area contributed by atoms with Crippen LogP contribution in [-0.4, -0.2) is 31.6 Å². The summed E-state index contributed by atoms with van der Waals surface area (Å²) in [6.45, 7) is 4.80. The lowest BCUT2D eigenvalue weighted by Gasteiger charge is -2.22. The Morgan fingerprint density at radius 1 is 1.33 bits per heavy atom. The van der Waals surface area contributed by atoms with E-state index in [9.17, 15) is 18.0 Å². The smallest absolute Gasteiger partial charge is 0.348 e. The lowest BCUT2D eigenvalue weighted by molar-refractivity contribution is -0.145. The largest absolute Gasteiger partial charge is 0.416 e. The van der Waals surface area contributed by atoms with Crippen molar-refractivity contribution in [2.45, 2.75) is 38.3 Å². The Bertz CT molecular complexity index is 572. The zero-order valence-corrected chi connectivity index (χ0v) is 13.6. The van der Waals surface area contributed by atoms with E-state index in [-0.39, 0.29) is 0 Å². The normalized spacial score (nSPS) is 18.2. The van der Waals surface area contributed by atoms with Gasteiger partial charge in [0, 0.05) is 13.0 Å². The molecule has 1 heterocycles. The third kappa shape index (κ3) is 5.10. The number of halogens is 3. The summed E-state index contributed by atoms with van der Waals surface area (Å²) in [5.74, 6) is -0.695. The monoisotopic (exact) mass is 346 g/mol. The number of alkyl halides is 3. The third-order valence-electron chi connectivity index (χ3n) is 3.82. The molecule has 0 aliphatic carbocycles. The molecular formula is C16H21F3N2O3. The number of ether oxygens (including phenoxy) is 2. The second kappa shape index (κ2) is 7.40. The number of hydrogen-bond acceptors (Lipinski definition) is 3. The molecule has 1 fully saturated rings. The van der Waals surface area contributed by atoms with Gasteiger partial charge in [-0.25, -0.2) is 4.79 Å². The van der Waals surface area contributed by atoms with E-state index in [2.05, 4.69) is 10.6 Å². The Balaban J connectivity index is 1.83. The zero-order valence-electron chi connectivity index (χ0n) is 13.6. The van der Waals surface area contributed by atoms with Gasteiger partial charge in [0.05, 0.1) is 24.8 Å². The molecule has 8 heteroatoms. The average Bonchev–Trinajstić information content (AvgIpc) is 2.93. The summed E-state index contributed by atoms with van der Waals surface area (Å²) in [5.41, 5.74) is -0.355. The molecule has 2 amide bonds. The fraction of sp³-hybridized carbons (Fsp3) is 0.562. The summed E-state index contributed by atoms with van der Waals surface area (Å²) in [5, 5.41) is 5.26.